The molecule has 0 fully saturated rings. The Hall–Kier alpha value is -0.530. The summed E-state index contributed by atoms with van der Waals surface area (Å²) in [6.45, 7) is 0. The zero-order valence-corrected chi connectivity index (χ0v) is 8.06. The lowest BCUT2D eigenvalue weighted by atomic mass is 10.5. The molecule has 1 aromatic rings. The molecule has 0 saturated heterocycles. The zero-order chi connectivity index (χ0) is 9.35. The quantitative estimate of drug-likeness (QED) is 0.799. The molecule has 0 aliphatic rings. The number of pyridine rings is 1. The Kier molecular flexibility index (Phi) is 2.45. The van der Waals surface area contributed by atoms with Gasteiger partial charge in [0, 0.05) is 0 Å². The fourth-order valence-corrected chi connectivity index (χ4v) is 2.14. The van der Waals surface area contributed by atoms with Crippen LogP contribution in [0, 0.1) is 5.82 Å². The fraction of sp³-hybridized carbons (Fsp3) is 0. The van der Waals surface area contributed by atoms with Crippen LogP contribution in [0.3, 0.4) is 0 Å². The van der Waals surface area contributed by atoms with Crippen molar-refractivity contribution in [2.45, 2.75) is 5.03 Å². The highest BCUT2D eigenvalue weighted by molar-refractivity contribution is 9.10. The molecule has 0 radical (unpaired) electrons. The summed E-state index contributed by atoms with van der Waals surface area (Å²) in [5, 5.41) is 4.39. The molecular weight excluding hydrogens is 251 g/mol. The van der Waals surface area contributed by atoms with Gasteiger partial charge in [-0.2, -0.15) is 0 Å². The van der Waals surface area contributed by atoms with Crippen LogP contribution in [0.1, 0.15) is 0 Å². The van der Waals surface area contributed by atoms with Gasteiger partial charge in [0.05, 0.1) is 10.7 Å². The topological polar surface area (TPSA) is 73.1 Å². The maximum atomic E-state index is 12.4. The number of aromatic nitrogens is 1. The maximum absolute atomic E-state index is 12.4. The third-order valence-corrected chi connectivity index (χ3v) is 2.77. The SMILES string of the molecule is NS(=O)(=O)c1ncc(F)cc1Br. The third-order valence-electron chi connectivity index (χ3n) is 1.04. The average Bonchev–Trinajstić information content (AvgIpc) is 1.83. The Bertz CT molecular complexity index is 406. The molecule has 0 atom stereocenters. The van der Waals surface area contributed by atoms with Crippen LogP contribution in [0.15, 0.2) is 21.8 Å². The van der Waals surface area contributed by atoms with Crippen LogP contribution in [0.2, 0.25) is 0 Å². The smallest absolute Gasteiger partial charge is 0.239 e. The predicted octanol–water partition coefficient (Wildman–Crippen LogP) is 0.631. The van der Waals surface area contributed by atoms with Crippen LogP contribution in [-0.4, -0.2) is 13.4 Å². The van der Waals surface area contributed by atoms with Crippen molar-refractivity contribution < 1.29 is 12.8 Å². The van der Waals surface area contributed by atoms with E-state index in [9.17, 15) is 12.8 Å². The molecule has 66 valence electrons. The van der Waals surface area contributed by atoms with E-state index in [2.05, 4.69) is 20.9 Å². The van der Waals surface area contributed by atoms with E-state index in [1.807, 2.05) is 0 Å². The molecule has 1 aromatic heterocycles. The Morgan fingerprint density at radius 3 is 2.58 bits per heavy atom. The predicted molar refractivity (Wildman–Crippen MR) is 43.3 cm³/mol. The summed E-state index contributed by atoms with van der Waals surface area (Å²) in [6.07, 6.45) is 0.782. The van der Waals surface area contributed by atoms with Crippen LogP contribution < -0.4 is 5.14 Å². The maximum Gasteiger partial charge on any atom is 0.256 e. The van der Waals surface area contributed by atoms with Gasteiger partial charge < -0.3 is 0 Å². The van der Waals surface area contributed by atoms with E-state index in [-0.39, 0.29) is 9.50 Å². The molecule has 4 nitrogen and oxygen atoms in total. The monoisotopic (exact) mass is 254 g/mol. The van der Waals surface area contributed by atoms with E-state index in [1.165, 1.54) is 0 Å². The second-order valence-corrected chi connectivity index (χ2v) is 4.32. The number of rotatable bonds is 1. The van der Waals surface area contributed by atoms with Gasteiger partial charge in [-0.25, -0.2) is 22.9 Å². The van der Waals surface area contributed by atoms with Crippen LogP contribution in [-0.2, 0) is 10.0 Å². The Morgan fingerprint density at radius 2 is 2.17 bits per heavy atom. The Morgan fingerprint density at radius 1 is 1.58 bits per heavy atom. The van der Waals surface area contributed by atoms with Crippen LogP contribution in [0.25, 0.3) is 0 Å². The molecule has 0 unspecified atom stereocenters. The molecule has 0 saturated carbocycles. The van der Waals surface area contributed by atoms with E-state index < -0.39 is 15.8 Å². The Balaban J connectivity index is 3.39. The fourth-order valence-electron chi connectivity index (χ4n) is 0.611. The normalized spacial score (nSPS) is 11.6. The van der Waals surface area contributed by atoms with E-state index in [0.717, 1.165) is 12.3 Å². The highest BCUT2D eigenvalue weighted by atomic mass is 79.9. The minimum absolute atomic E-state index is 0.0185. The number of primary sulfonamides is 1. The van der Waals surface area contributed by atoms with Gasteiger partial charge in [-0.1, -0.05) is 0 Å². The van der Waals surface area contributed by atoms with Crippen LogP contribution >= 0.6 is 15.9 Å². The van der Waals surface area contributed by atoms with Gasteiger partial charge in [-0.05, 0) is 22.0 Å². The van der Waals surface area contributed by atoms with Crippen molar-refractivity contribution in [3.8, 4) is 0 Å². The summed E-state index contributed by atoms with van der Waals surface area (Å²) < 4.78 is 33.9. The molecule has 0 aliphatic carbocycles. The first-order chi connectivity index (χ1) is 5.41. The minimum atomic E-state index is -3.87. The number of hydrogen-bond acceptors (Lipinski definition) is 3. The lowest BCUT2D eigenvalue weighted by Crippen LogP contribution is -2.14. The van der Waals surface area contributed by atoms with Crippen molar-refractivity contribution >= 4 is 26.0 Å². The highest BCUT2D eigenvalue weighted by Gasteiger charge is 2.14. The average molecular weight is 255 g/mol. The number of sulfonamides is 1. The molecule has 2 N–H and O–H groups in total. The molecule has 0 spiro atoms. The van der Waals surface area contributed by atoms with Crippen molar-refractivity contribution in [1.29, 1.82) is 0 Å². The third kappa shape index (κ3) is 1.99. The van der Waals surface area contributed by atoms with E-state index in [4.69, 9.17) is 5.14 Å². The van der Waals surface area contributed by atoms with Gasteiger partial charge in [-0.15, -0.1) is 0 Å². The number of nitrogens with two attached hydrogens (primary N) is 1. The van der Waals surface area contributed by atoms with Crippen LogP contribution in [0.4, 0.5) is 4.39 Å². The van der Waals surface area contributed by atoms with Gasteiger partial charge in [0.1, 0.15) is 5.82 Å². The van der Waals surface area contributed by atoms with Crippen LogP contribution in [0.5, 0.6) is 0 Å². The molecular formula is C5H4BrFN2O2S. The minimum Gasteiger partial charge on any atom is -0.239 e. The first-order valence-corrected chi connectivity index (χ1v) is 5.09. The summed E-state index contributed by atoms with van der Waals surface area (Å²) in [5.41, 5.74) is 0. The van der Waals surface area contributed by atoms with Crippen molar-refractivity contribution in [3.63, 3.8) is 0 Å². The number of hydrogen-bond donors (Lipinski definition) is 1. The van der Waals surface area contributed by atoms with Gasteiger partial charge >= 0.3 is 0 Å². The zero-order valence-electron chi connectivity index (χ0n) is 5.66. The van der Waals surface area contributed by atoms with Crippen molar-refractivity contribution in [2.75, 3.05) is 0 Å². The van der Waals surface area contributed by atoms with E-state index in [0.29, 0.717) is 0 Å². The molecule has 0 bridgehead atoms. The summed E-state index contributed by atoms with van der Waals surface area (Å²) in [4.78, 5) is 3.31. The van der Waals surface area contributed by atoms with Gasteiger partial charge in [0.2, 0.25) is 0 Å². The highest BCUT2D eigenvalue weighted by Crippen LogP contribution is 2.18. The summed E-state index contributed by atoms with van der Waals surface area (Å²) in [5.74, 6) is -0.630. The number of nitrogens with zero attached hydrogens (tertiary/aromatic N) is 1. The second kappa shape index (κ2) is 3.08. The summed E-state index contributed by atoms with van der Waals surface area (Å²) in [7, 11) is -3.87. The molecule has 7 heteroatoms. The van der Waals surface area contributed by atoms with Gasteiger partial charge in [0.15, 0.2) is 5.03 Å². The molecule has 12 heavy (non-hydrogen) atoms. The molecule has 0 aliphatic heterocycles. The van der Waals surface area contributed by atoms with Gasteiger partial charge in [-0.3, -0.25) is 0 Å². The first kappa shape index (κ1) is 9.56. The largest absolute Gasteiger partial charge is 0.256 e. The molecule has 1 rings (SSSR count). The molecule has 1 heterocycles. The van der Waals surface area contributed by atoms with E-state index in [1.54, 1.807) is 0 Å². The summed E-state index contributed by atoms with van der Waals surface area (Å²) >= 11 is 2.82. The molecule has 0 aromatic carbocycles. The van der Waals surface area contributed by atoms with Crippen molar-refractivity contribution in [3.05, 3.63) is 22.6 Å². The van der Waals surface area contributed by atoms with Gasteiger partial charge in [0.25, 0.3) is 10.0 Å². The second-order valence-electron chi connectivity index (χ2n) is 1.99. The van der Waals surface area contributed by atoms with E-state index >= 15 is 0 Å². The first-order valence-electron chi connectivity index (χ1n) is 2.75. The number of halogens is 2. The summed E-state index contributed by atoms with van der Waals surface area (Å²) in [6, 6.07) is 0.979. The Labute approximate surface area is 76.8 Å². The molecule has 0 amide bonds. The lowest BCUT2D eigenvalue weighted by molar-refractivity contribution is 0.588. The lowest BCUT2D eigenvalue weighted by Gasteiger charge is -1.98. The van der Waals surface area contributed by atoms with Crippen molar-refractivity contribution in [1.82, 2.24) is 4.98 Å². The standard InChI is InChI=1S/C5H4BrFN2O2S/c6-4-1-3(7)2-9-5(4)12(8,10)11/h1-2H,(H2,8,10,11). The van der Waals surface area contributed by atoms with Crippen molar-refractivity contribution in [2.24, 2.45) is 5.14 Å².